The second-order valence-corrected chi connectivity index (χ2v) is 3.32. The normalized spacial score (nSPS) is 18.5. The molecule has 0 atom stereocenters. The van der Waals surface area contributed by atoms with Gasteiger partial charge in [0.1, 0.15) is 6.61 Å². The van der Waals surface area contributed by atoms with Crippen LogP contribution in [0.3, 0.4) is 0 Å². The van der Waals surface area contributed by atoms with Crippen LogP contribution in [0.25, 0.3) is 0 Å². The average molecular weight is 185 g/mol. The predicted molar refractivity (Wildman–Crippen MR) is 48.3 cm³/mol. The van der Waals surface area contributed by atoms with Gasteiger partial charge in [-0.1, -0.05) is 12.7 Å². The topological polar surface area (TPSA) is 58.6 Å². The molecule has 0 aromatic carbocycles. The van der Waals surface area contributed by atoms with E-state index in [1.807, 2.05) is 0 Å². The Morgan fingerprint density at radius 2 is 2.38 bits per heavy atom. The maximum absolute atomic E-state index is 10.9. The minimum absolute atomic E-state index is 0.199. The van der Waals surface area contributed by atoms with Crippen LogP contribution in [0.2, 0.25) is 0 Å². The van der Waals surface area contributed by atoms with Gasteiger partial charge in [-0.3, -0.25) is 0 Å². The van der Waals surface area contributed by atoms with Crippen molar-refractivity contribution < 1.29 is 14.6 Å². The molecule has 1 aliphatic rings. The number of carbonyl (C=O) groups excluding carboxylic acids is 1. The van der Waals surface area contributed by atoms with Gasteiger partial charge in [-0.25, -0.2) is 4.79 Å². The zero-order valence-electron chi connectivity index (χ0n) is 7.58. The fraction of sp³-hybridized carbons (Fsp3) is 0.667. The first-order valence-corrected chi connectivity index (χ1v) is 4.40. The Morgan fingerprint density at radius 3 is 2.85 bits per heavy atom. The molecule has 1 amide bonds. The van der Waals surface area contributed by atoms with E-state index in [1.165, 1.54) is 6.08 Å². The molecule has 4 heteroatoms. The third-order valence-corrected chi connectivity index (χ3v) is 2.18. The molecule has 0 saturated heterocycles. The minimum atomic E-state index is -0.687. The highest BCUT2D eigenvalue weighted by molar-refractivity contribution is 5.67. The Kier molecular flexibility index (Phi) is 3.31. The number of hydrogen-bond acceptors (Lipinski definition) is 3. The van der Waals surface area contributed by atoms with Gasteiger partial charge in [-0.2, -0.15) is 0 Å². The van der Waals surface area contributed by atoms with Crippen molar-refractivity contribution in [1.29, 1.82) is 0 Å². The van der Waals surface area contributed by atoms with Gasteiger partial charge in [0, 0.05) is 6.54 Å². The van der Waals surface area contributed by atoms with Crippen molar-refractivity contribution in [1.82, 2.24) is 5.32 Å². The van der Waals surface area contributed by atoms with Crippen molar-refractivity contribution in [2.45, 2.75) is 24.9 Å². The molecule has 1 saturated carbocycles. The van der Waals surface area contributed by atoms with E-state index in [1.54, 1.807) is 0 Å². The van der Waals surface area contributed by atoms with Crippen LogP contribution >= 0.6 is 0 Å². The molecule has 1 fully saturated rings. The summed E-state index contributed by atoms with van der Waals surface area (Å²) in [4.78, 5) is 10.9. The molecule has 1 rings (SSSR count). The van der Waals surface area contributed by atoms with Crippen LogP contribution in [0, 0.1) is 0 Å². The Bertz CT molecular complexity index is 199. The van der Waals surface area contributed by atoms with Crippen LogP contribution in [0.4, 0.5) is 4.79 Å². The molecule has 74 valence electrons. The summed E-state index contributed by atoms with van der Waals surface area (Å²) in [6, 6.07) is 0. The summed E-state index contributed by atoms with van der Waals surface area (Å²) in [7, 11) is 0. The molecule has 1 aliphatic carbocycles. The van der Waals surface area contributed by atoms with Gasteiger partial charge in [-0.15, -0.1) is 0 Å². The lowest BCUT2D eigenvalue weighted by atomic mass is 9.80. The maximum Gasteiger partial charge on any atom is 0.407 e. The van der Waals surface area contributed by atoms with E-state index in [2.05, 4.69) is 16.6 Å². The number of nitrogens with one attached hydrogen (secondary N) is 1. The standard InChI is InChI=1S/C9H15NO3/c1-2-6-13-8(11)10-7-9(12)4-3-5-9/h2,12H,1,3-7H2,(H,10,11). The largest absolute Gasteiger partial charge is 0.445 e. The van der Waals surface area contributed by atoms with Crippen molar-refractivity contribution in [2.75, 3.05) is 13.2 Å². The Balaban J connectivity index is 2.10. The first-order valence-electron chi connectivity index (χ1n) is 4.40. The van der Waals surface area contributed by atoms with Crippen LogP contribution in [0.5, 0.6) is 0 Å². The van der Waals surface area contributed by atoms with Crippen molar-refractivity contribution in [3.63, 3.8) is 0 Å². The molecule has 0 heterocycles. The SMILES string of the molecule is C=CCOC(=O)NCC1(O)CCC1. The van der Waals surface area contributed by atoms with Gasteiger partial charge in [0.05, 0.1) is 5.60 Å². The molecular formula is C9H15NO3. The monoisotopic (exact) mass is 185 g/mol. The fourth-order valence-electron chi connectivity index (χ4n) is 1.18. The summed E-state index contributed by atoms with van der Waals surface area (Å²) in [5.41, 5.74) is -0.687. The van der Waals surface area contributed by atoms with Gasteiger partial charge in [0.25, 0.3) is 0 Å². The highest BCUT2D eigenvalue weighted by Crippen LogP contribution is 2.30. The molecular weight excluding hydrogens is 170 g/mol. The maximum atomic E-state index is 10.9. The van der Waals surface area contributed by atoms with Crippen LogP contribution in [0.15, 0.2) is 12.7 Å². The van der Waals surface area contributed by atoms with Gasteiger partial charge in [-0.05, 0) is 19.3 Å². The summed E-state index contributed by atoms with van der Waals surface area (Å²) in [6.45, 7) is 3.89. The van der Waals surface area contributed by atoms with E-state index in [4.69, 9.17) is 0 Å². The van der Waals surface area contributed by atoms with Crippen molar-refractivity contribution in [2.24, 2.45) is 0 Å². The van der Waals surface area contributed by atoms with E-state index in [0.29, 0.717) is 0 Å². The molecule has 13 heavy (non-hydrogen) atoms. The van der Waals surface area contributed by atoms with Gasteiger partial charge >= 0.3 is 6.09 Å². The lowest BCUT2D eigenvalue weighted by Gasteiger charge is -2.36. The zero-order chi connectivity index (χ0) is 9.73. The molecule has 4 nitrogen and oxygen atoms in total. The van der Waals surface area contributed by atoms with E-state index in [0.717, 1.165) is 19.3 Å². The number of hydrogen-bond donors (Lipinski definition) is 2. The van der Waals surface area contributed by atoms with Crippen molar-refractivity contribution in [3.05, 3.63) is 12.7 Å². The molecule has 0 aromatic heterocycles. The highest BCUT2D eigenvalue weighted by atomic mass is 16.5. The van der Waals surface area contributed by atoms with Gasteiger partial charge < -0.3 is 15.2 Å². The highest BCUT2D eigenvalue weighted by Gasteiger charge is 2.34. The fourth-order valence-corrected chi connectivity index (χ4v) is 1.18. The number of aliphatic hydroxyl groups is 1. The third-order valence-electron chi connectivity index (χ3n) is 2.18. The first-order chi connectivity index (χ1) is 6.16. The average Bonchev–Trinajstić information content (AvgIpc) is 2.08. The summed E-state index contributed by atoms with van der Waals surface area (Å²) < 4.78 is 4.68. The molecule has 2 N–H and O–H groups in total. The van der Waals surface area contributed by atoms with Crippen LogP contribution < -0.4 is 5.32 Å². The number of carbonyl (C=O) groups is 1. The first kappa shape index (κ1) is 10.1. The van der Waals surface area contributed by atoms with Crippen molar-refractivity contribution >= 4 is 6.09 Å². The molecule has 0 spiro atoms. The van der Waals surface area contributed by atoms with Gasteiger partial charge in [0.15, 0.2) is 0 Å². The van der Waals surface area contributed by atoms with E-state index in [9.17, 15) is 9.90 Å². The number of rotatable bonds is 4. The van der Waals surface area contributed by atoms with E-state index >= 15 is 0 Å². The van der Waals surface area contributed by atoms with Crippen LogP contribution in [-0.2, 0) is 4.74 Å². The molecule has 0 bridgehead atoms. The smallest absolute Gasteiger partial charge is 0.407 e. The molecule has 0 radical (unpaired) electrons. The second kappa shape index (κ2) is 4.28. The Labute approximate surface area is 77.6 Å². The lowest BCUT2D eigenvalue weighted by molar-refractivity contribution is -0.0307. The molecule has 0 aliphatic heterocycles. The van der Waals surface area contributed by atoms with Crippen LogP contribution in [-0.4, -0.2) is 30.0 Å². The second-order valence-electron chi connectivity index (χ2n) is 3.32. The van der Waals surface area contributed by atoms with E-state index < -0.39 is 11.7 Å². The summed E-state index contributed by atoms with van der Waals surface area (Å²) >= 11 is 0. The summed E-state index contributed by atoms with van der Waals surface area (Å²) in [5.74, 6) is 0. The number of ether oxygens (including phenoxy) is 1. The predicted octanol–water partition coefficient (Wildman–Crippen LogP) is 0.814. The Hall–Kier alpha value is -1.03. The molecule has 0 aromatic rings. The van der Waals surface area contributed by atoms with Crippen LogP contribution in [0.1, 0.15) is 19.3 Å². The lowest BCUT2D eigenvalue weighted by Crippen LogP contribution is -2.47. The zero-order valence-corrected chi connectivity index (χ0v) is 7.58. The number of alkyl carbamates (subject to hydrolysis) is 1. The van der Waals surface area contributed by atoms with Crippen molar-refractivity contribution in [3.8, 4) is 0 Å². The summed E-state index contributed by atoms with van der Waals surface area (Å²) in [6.07, 6.45) is 3.54. The minimum Gasteiger partial charge on any atom is -0.445 e. The quantitative estimate of drug-likeness (QED) is 0.637. The van der Waals surface area contributed by atoms with E-state index in [-0.39, 0.29) is 13.2 Å². The Morgan fingerprint density at radius 1 is 1.69 bits per heavy atom. The number of amides is 1. The van der Waals surface area contributed by atoms with Gasteiger partial charge in [0.2, 0.25) is 0 Å². The summed E-state index contributed by atoms with van der Waals surface area (Å²) in [5, 5.41) is 12.1. The third kappa shape index (κ3) is 3.06. The molecule has 0 unspecified atom stereocenters.